The van der Waals surface area contributed by atoms with Crippen LogP contribution >= 0.6 is 22.9 Å². The zero-order chi connectivity index (χ0) is 19.6. The first kappa shape index (κ1) is 19.4. The molecule has 1 amide bonds. The largest absolute Gasteiger partial charge is 0.483 e. The molecule has 140 valence electrons. The molecule has 3 aromatic rings. The average molecular weight is 401 g/mol. The fourth-order valence-electron chi connectivity index (χ4n) is 2.78. The molecule has 6 heteroatoms. The minimum Gasteiger partial charge on any atom is -0.483 e. The van der Waals surface area contributed by atoms with Crippen LogP contribution in [0.5, 0.6) is 5.75 Å². The lowest BCUT2D eigenvalue weighted by molar-refractivity contribution is -0.118. The minimum absolute atomic E-state index is 0.0815. The predicted octanol–water partition coefficient (Wildman–Crippen LogP) is 5.71. The summed E-state index contributed by atoms with van der Waals surface area (Å²) in [6.07, 6.45) is 0. The molecular formula is C21H21ClN2O2S. The third-order valence-electron chi connectivity index (χ3n) is 4.33. The van der Waals surface area contributed by atoms with E-state index < -0.39 is 0 Å². The molecule has 27 heavy (non-hydrogen) atoms. The molecular weight excluding hydrogens is 380 g/mol. The summed E-state index contributed by atoms with van der Waals surface area (Å²) in [5.41, 5.74) is 6.15. The molecule has 0 atom stereocenters. The molecule has 4 nitrogen and oxygen atoms in total. The molecule has 0 aliphatic rings. The highest BCUT2D eigenvalue weighted by molar-refractivity contribution is 7.14. The number of carbonyl (C=O) groups excluding carboxylic acids is 1. The van der Waals surface area contributed by atoms with Gasteiger partial charge in [0.25, 0.3) is 5.91 Å². The van der Waals surface area contributed by atoms with E-state index in [0.29, 0.717) is 15.9 Å². The van der Waals surface area contributed by atoms with Gasteiger partial charge in [0, 0.05) is 16.0 Å². The molecule has 2 aromatic carbocycles. The molecule has 0 aliphatic carbocycles. The first-order chi connectivity index (χ1) is 12.8. The van der Waals surface area contributed by atoms with Gasteiger partial charge in [-0.3, -0.25) is 10.1 Å². The highest BCUT2D eigenvalue weighted by atomic mass is 35.5. The van der Waals surface area contributed by atoms with E-state index in [-0.39, 0.29) is 12.5 Å². The van der Waals surface area contributed by atoms with E-state index in [1.54, 1.807) is 0 Å². The number of carbonyl (C=O) groups is 1. The monoisotopic (exact) mass is 400 g/mol. The molecule has 0 aliphatic heterocycles. The Labute approximate surface area is 168 Å². The smallest absolute Gasteiger partial charge is 0.264 e. The lowest BCUT2D eigenvalue weighted by Crippen LogP contribution is -2.20. The Bertz CT molecular complexity index is 975. The molecule has 1 heterocycles. The van der Waals surface area contributed by atoms with Crippen LogP contribution in [0.4, 0.5) is 5.13 Å². The van der Waals surface area contributed by atoms with Crippen molar-refractivity contribution in [3.63, 3.8) is 0 Å². The van der Waals surface area contributed by atoms with Gasteiger partial charge in [0.1, 0.15) is 5.75 Å². The molecule has 0 radical (unpaired) electrons. The van der Waals surface area contributed by atoms with Gasteiger partial charge in [-0.25, -0.2) is 4.98 Å². The highest BCUT2D eigenvalue weighted by Gasteiger charge is 2.11. The third kappa shape index (κ3) is 4.67. The van der Waals surface area contributed by atoms with E-state index in [4.69, 9.17) is 16.3 Å². The van der Waals surface area contributed by atoms with Gasteiger partial charge in [-0.15, -0.1) is 11.3 Å². The van der Waals surface area contributed by atoms with E-state index in [1.807, 2.05) is 37.4 Å². The number of aryl methyl sites for hydroxylation is 4. The summed E-state index contributed by atoms with van der Waals surface area (Å²) >= 11 is 7.42. The Kier molecular flexibility index (Phi) is 5.82. The zero-order valence-corrected chi connectivity index (χ0v) is 17.3. The maximum Gasteiger partial charge on any atom is 0.264 e. The molecule has 1 aromatic heterocycles. The van der Waals surface area contributed by atoms with Crippen molar-refractivity contribution in [1.82, 2.24) is 4.98 Å². The summed E-state index contributed by atoms with van der Waals surface area (Å²) in [5, 5.41) is 5.95. The summed E-state index contributed by atoms with van der Waals surface area (Å²) in [4.78, 5) is 16.7. The topological polar surface area (TPSA) is 51.2 Å². The second-order valence-electron chi connectivity index (χ2n) is 6.54. The Hall–Kier alpha value is -2.37. The highest BCUT2D eigenvalue weighted by Crippen LogP contribution is 2.28. The van der Waals surface area contributed by atoms with E-state index in [2.05, 4.69) is 36.3 Å². The van der Waals surface area contributed by atoms with Crippen LogP contribution in [0.2, 0.25) is 5.02 Å². The van der Waals surface area contributed by atoms with E-state index in [1.165, 1.54) is 22.5 Å². The number of aromatic nitrogens is 1. The molecule has 3 rings (SSSR count). The molecule has 1 N–H and O–H groups in total. The van der Waals surface area contributed by atoms with Gasteiger partial charge in [0.15, 0.2) is 11.7 Å². The number of rotatable bonds is 5. The predicted molar refractivity (Wildman–Crippen MR) is 112 cm³/mol. The standard InChI is InChI=1S/C21H21ClN2O2S/c1-12-5-6-16(7-13(12)2)18-11-27-21(23-18)24-19(25)10-26-20-14(3)8-17(22)9-15(20)4/h5-9,11H,10H2,1-4H3,(H,23,24,25). The third-order valence-corrected chi connectivity index (χ3v) is 5.30. The van der Waals surface area contributed by atoms with E-state index in [9.17, 15) is 4.79 Å². The fourth-order valence-corrected chi connectivity index (χ4v) is 3.85. The zero-order valence-electron chi connectivity index (χ0n) is 15.7. The van der Waals surface area contributed by atoms with Gasteiger partial charge in [-0.05, 0) is 68.1 Å². The average Bonchev–Trinajstić information content (AvgIpc) is 3.04. The van der Waals surface area contributed by atoms with Crippen LogP contribution in [-0.2, 0) is 4.79 Å². The van der Waals surface area contributed by atoms with Crippen LogP contribution in [0.15, 0.2) is 35.7 Å². The second-order valence-corrected chi connectivity index (χ2v) is 7.84. The molecule has 0 spiro atoms. The number of nitrogens with one attached hydrogen (secondary N) is 1. The van der Waals surface area contributed by atoms with Crippen molar-refractivity contribution >= 4 is 34.0 Å². The Morgan fingerprint density at radius 1 is 1.07 bits per heavy atom. The first-order valence-electron chi connectivity index (χ1n) is 8.56. The fraction of sp³-hybridized carbons (Fsp3) is 0.238. The van der Waals surface area contributed by atoms with Gasteiger partial charge < -0.3 is 4.74 Å². The van der Waals surface area contributed by atoms with Crippen molar-refractivity contribution in [3.05, 3.63) is 63.0 Å². The van der Waals surface area contributed by atoms with E-state index in [0.717, 1.165) is 22.4 Å². The summed E-state index contributed by atoms with van der Waals surface area (Å²) in [7, 11) is 0. The van der Waals surface area contributed by atoms with Crippen LogP contribution in [0.3, 0.4) is 0 Å². The van der Waals surface area contributed by atoms with Gasteiger partial charge in [-0.2, -0.15) is 0 Å². The Morgan fingerprint density at radius 3 is 2.44 bits per heavy atom. The number of ether oxygens (including phenoxy) is 1. The normalized spacial score (nSPS) is 10.7. The van der Waals surface area contributed by atoms with Gasteiger partial charge in [-0.1, -0.05) is 23.7 Å². The van der Waals surface area contributed by atoms with Crippen LogP contribution in [0.25, 0.3) is 11.3 Å². The van der Waals surface area contributed by atoms with Crippen molar-refractivity contribution in [3.8, 4) is 17.0 Å². The minimum atomic E-state index is -0.246. The maximum atomic E-state index is 12.2. The second kappa shape index (κ2) is 8.11. The number of hydrogen-bond donors (Lipinski definition) is 1. The molecule has 0 saturated carbocycles. The Morgan fingerprint density at radius 2 is 1.78 bits per heavy atom. The maximum absolute atomic E-state index is 12.2. The molecule has 0 saturated heterocycles. The summed E-state index contributed by atoms with van der Waals surface area (Å²) in [6.45, 7) is 7.88. The lowest BCUT2D eigenvalue weighted by Gasteiger charge is -2.12. The number of thiazole rings is 1. The molecule has 0 bridgehead atoms. The number of anilines is 1. The van der Waals surface area contributed by atoms with E-state index >= 15 is 0 Å². The number of benzene rings is 2. The number of amides is 1. The van der Waals surface area contributed by atoms with Crippen molar-refractivity contribution in [2.24, 2.45) is 0 Å². The van der Waals surface area contributed by atoms with Crippen molar-refractivity contribution in [1.29, 1.82) is 0 Å². The van der Waals surface area contributed by atoms with Crippen molar-refractivity contribution in [2.75, 3.05) is 11.9 Å². The van der Waals surface area contributed by atoms with Gasteiger partial charge in [0.05, 0.1) is 5.69 Å². The number of hydrogen-bond acceptors (Lipinski definition) is 4. The summed E-state index contributed by atoms with van der Waals surface area (Å²) in [5.74, 6) is 0.439. The quantitative estimate of drug-likeness (QED) is 0.596. The van der Waals surface area contributed by atoms with Crippen molar-refractivity contribution in [2.45, 2.75) is 27.7 Å². The lowest BCUT2D eigenvalue weighted by atomic mass is 10.1. The van der Waals surface area contributed by atoms with Gasteiger partial charge in [0.2, 0.25) is 0 Å². The van der Waals surface area contributed by atoms with Crippen LogP contribution in [0, 0.1) is 27.7 Å². The summed E-state index contributed by atoms with van der Waals surface area (Å²) in [6, 6.07) is 9.85. The first-order valence-corrected chi connectivity index (χ1v) is 9.82. The summed E-state index contributed by atoms with van der Waals surface area (Å²) < 4.78 is 5.68. The van der Waals surface area contributed by atoms with Crippen LogP contribution in [0.1, 0.15) is 22.3 Å². The van der Waals surface area contributed by atoms with Gasteiger partial charge >= 0.3 is 0 Å². The molecule has 0 unspecified atom stereocenters. The van der Waals surface area contributed by atoms with Crippen molar-refractivity contribution < 1.29 is 9.53 Å². The number of halogens is 1. The van der Waals surface area contributed by atoms with Crippen LogP contribution in [-0.4, -0.2) is 17.5 Å². The van der Waals surface area contributed by atoms with Crippen LogP contribution < -0.4 is 10.1 Å². The molecule has 0 fully saturated rings. The Balaban J connectivity index is 1.64. The SMILES string of the molecule is Cc1ccc(-c2csc(NC(=O)COc3c(C)cc(Cl)cc3C)n2)cc1C. The number of nitrogens with zero attached hydrogens (tertiary/aromatic N) is 1.